The van der Waals surface area contributed by atoms with Gasteiger partial charge in [-0.25, -0.2) is 4.79 Å². The highest BCUT2D eigenvalue weighted by molar-refractivity contribution is 6.34. The summed E-state index contributed by atoms with van der Waals surface area (Å²) >= 11 is 11.4. The molecule has 0 aliphatic heterocycles. The number of halogens is 5. The fourth-order valence-corrected chi connectivity index (χ4v) is 2.34. The number of phenolic OH excluding ortho intramolecular Hbond substituents is 1. The Kier molecular flexibility index (Phi) is 5.99. The third kappa shape index (κ3) is 4.80. The Morgan fingerprint density at radius 3 is 2.50 bits per heavy atom. The van der Waals surface area contributed by atoms with E-state index in [9.17, 15) is 27.9 Å². The van der Waals surface area contributed by atoms with E-state index in [1.807, 2.05) is 5.32 Å². The maximum atomic E-state index is 13.0. The predicted octanol–water partition coefficient (Wildman–Crippen LogP) is 4.51. The van der Waals surface area contributed by atoms with Crippen molar-refractivity contribution in [2.24, 2.45) is 0 Å². The molecule has 0 spiro atoms. The zero-order valence-corrected chi connectivity index (χ0v) is 14.2. The number of para-hydroxylation sites is 1. The van der Waals surface area contributed by atoms with Crippen LogP contribution in [-0.2, 0) is 15.7 Å². The van der Waals surface area contributed by atoms with Crippen molar-refractivity contribution < 1.29 is 32.6 Å². The molecule has 0 atom stereocenters. The number of rotatable bonds is 4. The lowest BCUT2D eigenvalue weighted by molar-refractivity contribution is -0.137. The van der Waals surface area contributed by atoms with E-state index in [0.717, 1.165) is 24.3 Å². The van der Waals surface area contributed by atoms with Gasteiger partial charge in [-0.1, -0.05) is 29.3 Å². The standard InChI is InChI=1S/C16H10Cl2F3NO4/c17-8-4-5-12(23)9(6-8)15(25)26-7-13(24)22-14-10(16(19,20)21)2-1-3-11(14)18/h1-6,23H,7H2,(H,22,24). The van der Waals surface area contributed by atoms with E-state index >= 15 is 0 Å². The summed E-state index contributed by atoms with van der Waals surface area (Å²) in [5.74, 6) is -2.54. The van der Waals surface area contributed by atoms with E-state index in [-0.39, 0.29) is 15.6 Å². The number of amides is 1. The van der Waals surface area contributed by atoms with Crippen molar-refractivity contribution in [3.8, 4) is 5.75 Å². The van der Waals surface area contributed by atoms with E-state index in [1.165, 1.54) is 12.1 Å². The van der Waals surface area contributed by atoms with Gasteiger partial charge >= 0.3 is 12.1 Å². The summed E-state index contributed by atoms with van der Waals surface area (Å²) in [4.78, 5) is 23.7. The van der Waals surface area contributed by atoms with Gasteiger partial charge in [0, 0.05) is 5.02 Å². The first-order valence-corrected chi connectivity index (χ1v) is 7.66. The Bertz CT molecular complexity index is 856. The molecule has 2 aromatic carbocycles. The molecule has 2 rings (SSSR count). The maximum absolute atomic E-state index is 13.0. The van der Waals surface area contributed by atoms with Crippen molar-refractivity contribution in [1.29, 1.82) is 0 Å². The summed E-state index contributed by atoms with van der Waals surface area (Å²) in [5, 5.41) is 11.3. The van der Waals surface area contributed by atoms with Crippen LogP contribution in [0.15, 0.2) is 36.4 Å². The molecule has 0 aliphatic carbocycles. The summed E-state index contributed by atoms with van der Waals surface area (Å²) < 4.78 is 43.6. The van der Waals surface area contributed by atoms with Gasteiger partial charge in [0.15, 0.2) is 6.61 Å². The van der Waals surface area contributed by atoms with Crippen LogP contribution in [0.3, 0.4) is 0 Å². The third-order valence-electron chi connectivity index (χ3n) is 3.10. The van der Waals surface area contributed by atoms with Crippen LogP contribution in [0.2, 0.25) is 10.0 Å². The number of aromatic hydroxyl groups is 1. The van der Waals surface area contributed by atoms with E-state index in [2.05, 4.69) is 4.74 Å². The van der Waals surface area contributed by atoms with Crippen LogP contribution in [0.4, 0.5) is 18.9 Å². The molecule has 0 fully saturated rings. The third-order valence-corrected chi connectivity index (χ3v) is 3.65. The molecular weight excluding hydrogens is 398 g/mol. The summed E-state index contributed by atoms with van der Waals surface area (Å²) in [6, 6.07) is 6.60. The smallest absolute Gasteiger partial charge is 0.418 e. The first-order chi connectivity index (χ1) is 12.1. The van der Waals surface area contributed by atoms with Crippen molar-refractivity contribution in [2.45, 2.75) is 6.18 Å². The number of carbonyl (C=O) groups is 2. The van der Waals surface area contributed by atoms with E-state index < -0.39 is 41.7 Å². The molecule has 0 saturated heterocycles. The van der Waals surface area contributed by atoms with Gasteiger partial charge in [0.25, 0.3) is 5.91 Å². The zero-order chi connectivity index (χ0) is 19.5. The Balaban J connectivity index is 2.09. The van der Waals surface area contributed by atoms with E-state index in [1.54, 1.807) is 0 Å². The molecule has 0 radical (unpaired) electrons. The average molecular weight is 408 g/mol. The van der Waals surface area contributed by atoms with Gasteiger partial charge in [-0.15, -0.1) is 0 Å². The Hall–Kier alpha value is -2.45. The molecule has 0 bridgehead atoms. The lowest BCUT2D eigenvalue weighted by Gasteiger charge is -2.15. The van der Waals surface area contributed by atoms with E-state index in [0.29, 0.717) is 0 Å². The average Bonchev–Trinajstić information content (AvgIpc) is 2.55. The first-order valence-electron chi connectivity index (χ1n) is 6.91. The number of alkyl halides is 3. The first kappa shape index (κ1) is 19.9. The molecule has 10 heteroatoms. The predicted molar refractivity (Wildman–Crippen MR) is 88.5 cm³/mol. The van der Waals surface area contributed by atoms with Crippen LogP contribution in [0.1, 0.15) is 15.9 Å². The van der Waals surface area contributed by atoms with Gasteiger partial charge in [-0.2, -0.15) is 13.2 Å². The minimum absolute atomic E-state index is 0.144. The molecule has 26 heavy (non-hydrogen) atoms. The molecule has 0 aliphatic rings. The zero-order valence-electron chi connectivity index (χ0n) is 12.7. The molecule has 0 aromatic heterocycles. The van der Waals surface area contributed by atoms with E-state index in [4.69, 9.17) is 23.2 Å². The number of benzene rings is 2. The van der Waals surface area contributed by atoms with Crippen molar-refractivity contribution in [3.05, 3.63) is 57.6 Å². The quantitative estimate of drug-likeness (QED) is 0.730. The van der Waals surface area contributed by atoms with Gasteiger partial charge in [0.1, 0.15) is 11.3 Å². The van der Waals surface area contributed by atoms with Crippen LogP contribution in [0.5, 0.6) is 5.75 Å². The number of ether oxygens (including phenoxy) is 1. The summed E-state index contributed by atoms with van der Waals surface area (Å²) in [5.41, 5.74) is -2.08. The molecule has 2 aromatic rings. The van der Waals surface area contributed by atoms with Crippen LogP contribution in [-0.4, -0.2) is 23.6 Å². The van der Waals surface area contributed by atoms with Crippen molar-refractivity contribution in [3.63, 3.8) is 0 Å². The summed E-state index contributed by atoms with van der Waals surface area (Å²) in [7, 11) is 0. The van der Waals surface area contributed by atoms with Gasteiger partial charge < -0.3 is 15.2 Å². The monoisotopic (exact) mass is 407 g/mol. The molecule has 5 nitrogen and oxygen atoms in total. The topological polar surface area (TPSA) is 75.6 Å². The molecular formula is C16H10Cl2F3NO4. The fourth-order valence-electron chi connectivity index (χ4n) is 1.94. The number of nitrogens with one attached hydrogen (secondary N) is 1. The van der Waals surface area contributed by atoms with Gasteiger partial charge in [-0.3, -0.25) is 4.79 Å². The minimum Gasteiger partial charge on any atom is -0.507 e. The number of esters is 1. The normalized spacial score (nSPS) is 11.1. The van der Waals surface area contributed by atoms with Gasteiger partial charge in [0.2, 0.25) is 0 Å². The molecule has 0 heterocycles. The van der Waals surface area contributed by atoms with Crippen molar-refractivity contribution in [1.82, 2.24) is 0 Å². The Morgan fingerprint density at radius 1 is 1.15 bits per heavy atom. The molecule has 1 amide bonds. The van der Waals surface area contributed by atoms with Crippen LogP contribution in [0.25, 0.3) is 0 Å². The van der Waals surface area contributed by atoms with Crippen LogP contribution < -0.4 is 5.32 Å². The number of hydrogen-bond donors (Lipinski definition) is 2. The van der Waals surface area contributed by atoms with Gasteiger partial charge in [0.05, 0.1) is 16.3 Å². The fraction of sp³-hybridized carbons (Fsp3) is 0.125. The summed E-state index contributed by atoms with van der Waals surface area (Å²) in [6.45, 7) is -0.896. The second kappa shape index (κ2) is 7.84. The highest BCUT2D eigenvalue weighted by atomic mass is 35.5. The highest BCUT2D eigenvalue weighted by Crippen LogP contribution is 2.38. The number of hydrogen-bond acceptors (Lipinski definition) is 4. The Labute approximate surface area is 155 Å². The largest absolute Gasteiger partial charge is 0.507 e. The van der Waals surface area contributed by atoms with Crippen LogP contribution >= 0.6 is 23.2 Å². The SMILES string of the molecule is O=C(COC(=O)c1cc(Cl)ccc1O)Nc1c(Cl)cccc1C(F)(F)F. The molecule has 2 N–H and O–H groups in total. The molecule has 0 unspecified atom stereocenters. The maximum Gasteiger partial charge on any atom is 0.418 e. The highest BCUT2D eigenvalue weighted by Gasteiger charge is 2.34. The number of phenols is 1. The summed E-state index contributed by atoms with van der Waals surface area (Å²) in [6.07, 6.45) is -4.74. The van der Waals surface area contributed by atoms with Crippen molar-refractivity contribution >= 4 is 40.8 Å². The second-order valence-electron chi connectivity index (χ2n) is 4.95. The molecule has 138 valence electrons. The number of carbonyl (C=O) groups excluding carboxylic acids is 2. The number of anilines is 1. The second-order valence-corrected chi connectivity index (χ2v) is 5.79. The lowest BCUT2D eigenvalue weighted by atomic mass is 10.1. The Morgan fingerprint density at radius 2 is 1.85 bits per heavy atom. The minimum atomic E-state index is -4.74. The van der Waals surface area contributed by atoms with Crippen molar-refractivity contribution in [2.75, 3.05) is 11.9 Å². The lowest BCUT2D eigenvalue weighted by Crippen LogP contribution is -2.23. The van der Waals surface area contributed by atoms with Crippen LogP contribution in [0, 0.1) is 0 Å². The van der Waals surface area contributed by atoms with Gasteiger partial charge in [-0.05, 0) is 30.3 Å². The molecule has 0 saturated carbocycles.